The van der Waals surface area contributed by atoms with Crippen LogP contribution < -0.4 is 0 Å². The Morgan fingerprint density at radius 3 is 2.79 bits per heavy atom. The lowest BCUT2D eigenvalue weighted by atomic mass is 10.2. The zero-order valence-electron chi connectivity index (χ0n) is 14.1. The average molecular weight is 349 g/mol. The molecule has 0 saturated carbocycles. The Labute approximate surface area is 146 Å². The average Bonchev–Trinajstić information content (AvgIpc) is 2.98. The number of esters is 1. The molecule has 0 radical (unpaired) electrons. The molecule has 0 unspecified atom stereocenters. The van der Waals surface area contributed by atoms with Crippen molar-refractivity contribution in [3.05, 3.63) is 41.8 Å². The van der Waals surface area contributed by atoms with Gasteiger partial charge < -0.3 is 13.9 Å². The number of thioether (sulfide) groups is 1. The molecule has 0 fully saturated rings. The molecule has 1 aromatic carbocycles. The summed E-state index contributed by atoms with van der Waals surface area (Å²) in [7, 11) is 1.40. The molecular formula is C18H23NO4S. The molecule has 0 aliphatic heterocycles. The van der Waals surface area contributed by atoms with Gasteiger partial charge in [0.25, 0.3) is 0 Å². The summed E-state index contributed by atoms with van der Waals surface area (Å²) < 4.78 is 15.9. The maximum absolute atomic E-state index is 11.0. The number of rotatable bonds is 10. The SMILES string of the molecule is COC(=O)CSCCCOCCc1nc(-c2ccccc2)oc1C. The molecule has 24 heavy (non-hydrogen) atoms. The van der Waals surface area contributed by atoms with Crippen LogP contribution >= 0.6 is 11.8 Å². The van der Waals surface area contributed by atoms with Gasteiger partial charge in [-0.2, -0.15) is 11.8 Å². The number of aryl methyl sites for hydroxylation is 1. The Morgan fingerprint density at radius 1 is 1.25 bits per heavy atom. The molecule has 1 aromatic heterocycles. The normalized spacial score (nSPS) is 10.8. The molecule has 0 aliphatic carbocycles. The number of oxazole rings is 1. The highest BCUT2D eigenvalue weighted by molar-refractivity contribution is 7.99. The minimum atomic E-state index is -0.184. The van der Waals surface area contributed by atoms with E-state index >= 15 is 0 Å². The third-order valence-electron chi connectivity index (χ3n) is 3.42. The van der Waals surface area contributed by atoms with Gasteiger partial charge in [0.1, 0.15) is 5.76 Å². The molecule has 0 amide bonds. The summed E-state index contributed by atoms with van der Waals surface area (Å²) >= 11 is 1.56. The second-order valence-electron chi connectivity index (χ2n) is 5.23. The number of ether oxygens (including phenoxy) is 2. The lowest BCUT2D eigenvalue weighted by molar-refractivity contribution is -0.137. The molecule has 0 spiro atoms. The van der Waals surface area contributed by atoms with Crippen molar-refractivity contribution >= 4 is 17.7 Å². The maximum atomic E-state index is 11.0. The zero-order chi connectivity index (χ0) is 17.2. The molecule has 0 N–H and O–H groups in total. The lowest BCUT2D eigenvalue weighted by Crippen LogP contribution is -2.05. The Kier molecular flexibility index (Phi) is 7.85. The third-order valence-corrected chi connectivity index (χ3v) is 4.44. The van der Waals surface area contributed by atoms with Crippen LogP contribution in [0.3, 0.4) is 0 Å². The number of benzene rings is 1. The van der Waals surface area contributed by atoms with Gasteiger partial charge in [0, 0.05) is 18.6 Å². The summed E-state index contributed by atoms with van der Waals surface area (Å²) in [6.07, 6.45) is 1.65. The van der Waals surface area contributed by atoms with Crippen LogP contribution in [0.25, 0.3) is 11.5 Å². The molecule has 5 nitrogen and oxygen atoms in total. The standard InChI is InChI=1S/C18H23NO4S/c1-14-16(19-18(23-14)15-7-4-3-5-8-15)9-11-22-10-6-12-24-13-17(20)21-2/h3-5,7-8H,6,9-13H2,1-2H3. The van der Waals surface area contributed by atoms with Crippen LogP contribution in [-0.2, 0) is 20.7 Å². The van der Waals surface area contributed by atoms with Gasteiger partial charge in [-0.3, -0.25) is 4.79 Å². The van der Waals surface area contributed by atoms with Crippen molar-refractivity contribution in [2.45, 2.75) is 19.8 Å². The second-order valence-corrected chi connectivity index (χ2v) is 6.34. The number of carbonyl (C=O) groups is 1. The molecule has 6 heteroatoms. The van der Waals surface area contributed by atoms with E-state index in [4.69, 9.17) is 9.15 Å². The Balaban J connectivity index is 1.65. The summed E-state index contributed by atoms with van der Waals surface area (Å²) in [6, 6.07) is 9.87. The first kappa shape index (κ1) is 18.5. The first-order valence-electron chi connectivity index (χ1n) is 7.94. The van der Waals surface area contributed by atoms with Crippen LogP contribution in [0.5, 0.6) is 0 Å². The number of hydrogen-bond acceptors (Lipinski definition) is 6. The number of nitrogens with zero attached hydrogens (tertiary/aromatic N) is 1. The first-order chi connectivity index (χ1) is 11.7. The van der Waals surface area contributed by atoms with Crippen molar-refractivity contribution in [3.8, 4) is 11.5 Å². The van der Waals surface area contributed by atoms with Crippen molar-refractivity contribution in [2.24, 2.45) is 0 Å². The molecule has 2 aromatic rings. The summed E-state index contributed by atoms with van der Waals surface area (Å²) in [4.78, 5) is 15.5. The van der Waals surface area contributed by atoms with Gasteiger partial charge in [-0.15, -0.1) is 0 Å². The van der Waals surface area contributed by atoms with E-state index in [9.17, 15) is 4.79 Å². The Bertz CT molecular complexity index is 627. The largest absolute Gasteiger partial charge is 0.468 e. The van der Waals surface area contributed by atoms with Crippen LogP contribution in [0, 0.1) is 6.92 Å². The van der Waals surface area contributed by atoms with Crippen molar-refractivity contribution in [2.75, 3.05) is 31.8 Å². The van der Waals surface area contributed by atoms with E-state index in [0.29, 0.717) is 24.9 Å². The van der Waals surface area contributed by atoms with Crippen LogP contribution in [0.1, 0.15) is 17.9 Å². The zero-order valence-corrected chi connectivity index (χ0v) is 14.9. The highest BCUT2D eigenvalue weighted by Gasteiger charge is 2.10. The third kappa shape index (κ3) is 6.02. The van der Waals surface area contributed by atoms with Gasteiger partial charge in [-0.05, 0) is 31.2 Å². The summed E-state index contributed by atoms with van der Waals surface area (Å²) in [5, 5.41) is 0. The van der Waals surface area contributed by atoms with E-state index in [1.165, 1.54) is 7.11 Å². The molecule has 0 bridgehead atoms. The fraction of sp³-hybridized carbons (Fsp3) is 0.444. The van der Waals surface area contributed by atoms with E-state index in [1.807, 2.05) is 37.3 Å². The van der Waals surface area contributed by atoms with Gasteiger partial charge in [0.05, 0.1) is 25.2 Å². The highest BCUT2D eigenvalue weighted by Crippen LogP contribution is 2.21. The van der Waals surface area contributed by atoms with Gasteiger partial charge in [-0.1, -0.05) is 18.2 Å². The second kappa shape index (κ2) is 10.2. The first-order valence-corrected chi connectivity index (χ1v) is 9.10. The molecule has 0 atom stereocenters. The van der Waals surface area contributed by atoms with Crippen LogP contribution in [0.15, 0.2) is 34.7 Å². The van der Waals surface area contributed by atoms with Gasteiger partial charge in [-0.25, -0.2) is 4.98 Å². The van der Waals surface area contributed by atoms with Crippen molar-refractivity contribution < 1.29 is 18.7 Å². The van der Waals surface area contributed by atoms with E-state index in [2.05, 4.69) is 9.72 Å². The monoisotopic (exact) mass is 349 g/mol. The maximum Gasteiger partial charge on any atom is 0.315 e. The fourth-order valence-electron chi connectivity index (χ4n) is 2.11. The van der Waals surface area contributed by atoms with E-state index in [0.717, 1.165) is 35.6 Å². The molecule has 0 aliphatic rings. The smallest absolute Gasteiger partial charge is 0.315 e. The number of carbonyl (C=O) groups excluding carboxylic acids is 1. The quantitative estimate of drug-likeness (QED) is 0.483. The predicted molar refractivity (Wildman–Crippen MR) is 95.2 cm³/mol. The molecule has 0 saturated heterocycles. The molecular weight excluding hydrogens is 326 g/mol. The summed E-state index contributed by atoms with van der Waals surface area (Å²) in [5.74, 6) is 2.60. The molecule has 1 heterocycles. The van der Waals surface area contributed by atoms with Gasteiger partial charge in [0.2, 0.25) is 5.89 Å². The number of methoxy groups -OCH3 is 1. The fourth-order valence-corrected chi connectivity index (χ4v) is 2.86. The van der Waals surface area contributed by atoms with Crippen LogP contribution in [-0.4, -0.2) is 42.8 Å². The number of aromatic nitrogens is 1. The van der Waals surface area contributed by atoms with Gasteiger partial charge in [0.15, 0.2) is 0 Å². The van der Waals surface area contributed by atoms with Gasteiger partial charge >= 0.3 is 5.97 Å². The molecule has 2 rings (SSSR count). The molecule has 130 valence electrons. The van der Waals surface area contributed by atoms with E-state index in [1.54, 1.807) is 11.8 Å². The predicted octanol–water partition coefficient (Wildman–Crippen LogP) is 3.51. The van der Waals surface area contributed by atoms with Crippen molar-refractivity contribution in [1.29, 1.82) is 0 Å². The summed E-state index contributed by atoms with van der Waals surface area (Å²) in [5.41, 5.74) is 1.92. The summed E-state index contributed by atoms with van der Waals surface area (Å²) in [6.45, 7) is 3.22. The van der Waals surface area contributed by atoms with Crippen molar-refractivity contribution in [3.63, 3.8) is 0 Å². The van der Waals surface area contributed by atoms with Crippen molar-refractivity contribution in [1.82, 2.24) is 4.98 Å². The Hall–Kier alpha value is -1.79. The van der Waals surface area contributed by atoms with Crippen LogP contribution in [0.4, 0.5) is 0 Å². The number of hydrogen-bond donors (Lipinski definition) is 0. The minimum absolute atomic E-state index is 0.184. The topological polar surface area (TPSA) is 61.6 Å². The van der Waals surface area contributed by atoms with Crippen LogP contribution in [0.2, 0.25) is 0 Å². The highest BCUT2D eigenvalue weighted by atomic mass is 32.2. The Morgan fingerprint density at radius 2 is 2.04 bits per heavy atom. The lowest BCUT2D eigenvalue weighted by Gasteiger charge is -2.03. The minimum Gasteiger partial charge on any atom is -0.468 e. The van der Waals surface area contributed by atoms with E-state index < -0.39 is 0 Å². The van der Waals surface area contributed by atoms with E-state index in [-0.39, 0.29) is 5.97 Å².